The minimum Gasteiger partial charge on any atom is -0.378 e. The van der Waals surface area contributed by atoms with Crippen LogP contribution in [0.3, 0.4) is 0 Å². The number of sulfone groups is 1. The zero-order valence-electron chi connectivity index (χ0n) is 13.7. The third-order valence-electron chi connectivity index (χ3n) is 3.41. The maximum Gasteiger partial charge on any atom is 0.310 e. The molecule has 138 valence electrons. The average molecular weight is 442 g/mol. The molecule has 0 radical (unpaired) electrons. The number of hydrogen-bond acceptors (Lipinski definition) is 6. The van der Waals surface area contributed by atoms with Gasteiger partial charge >= 0.3 is 5.69 Å². The normalized spacial score (nSPS) is 11.0. The van der Waals surface area contributed by atoms with E-state index >= 15 is 0 Å². The lowest BCUT2D eigenvalue weighted by molar-refractivity contribution is -0.386. The SMILES string of the molecule is CS(=O)(=O)c1cccc(NCCNC(=O)c2ccc(Br)cc2)c1[N+](=O)[O-]. The van der Waals surface area contributed by atoms with Gasteiger partial charge in [-0.1, -0.05) is 22.0 Å². The number of halogens is 1. The lowest BCUT2D eigenvalue weighted by Crippen LogP contribution is -2.28. The molecule has 0 spiro atoms. The summed E-state index contributed by atoms with van der Waals surface area (Å²) in [6.45, 7) is 0.394. The molecule has 0 aromatic heterocycles. The molecule has 2 aromatic carbocycles. The van der Waals surface area contributed by atoms with Gasteiger partial charge in [-0.2, -0.15) is 0 Å². The van der Waals surface area contributed by atoms with Crippen LogP contribution < -0.4 is 10.6 Å². The number of nitro benzene ring substituents is 1. The van der Waals surface area contributed by atoms with Crippen LogP contribution in [0.5, 0.6) is 0 Å². The molecule has 0 unspecified atom stereocenters. The molecule has 2 rings (SSSR count). The molecule has 0 bridgehead atoms. The fraction of sp³-hybridized carbons (Fsp3) is 0.188. The third-order valence-corrected chi connectivity index (χ3v) is 5.07. The highest BCUT2D eigenvalue weighted by Crippen LogP contribution is 2.31. The van der Waals surface area contributed by atoms with Crippen LogP contribution in [0.4, 0.5) is 11.4 Å². The van der Waals surface area contributed by atoms with Gasteiger partial charge in [-0.05, 0) is 36.4 Å². The number of hydrogen-bond donors (Lipinski definition) is 2. The van der Waals surface area contributed by atoms with Crippen molar-refractivity contribution in [3.05, 3.63) is 62.6 Å². The van der Waals surface area contributed by atoms with Gasteiger partial charge in [0.05, 0.1) is 4.92 Å². The van der Waals surface area contributed by atoms with Crippen molar-refractivity contribution in [1.29, 1.82) is 0 Å². The molecule has 0 aliphatic carbocycles. The summed E-state index contributed by atoms with van der Waals surface area (Å²) in [6.07, 6.45) is 0.914. The molecule has 0 aliphatic heterocycles. The number of para-hydroxylation sites is 1. The summed E-state index contributed by atoms with van der Waals surface area (Å²) in [6, 6.07) is 10.8. The minimum atomic E-state index is -3.74. The molecule has 8 nitrogen and oxygen atoms in total. The number of anilines is 1. The van der Waals surface area contributed by atoms with E-state index in [0.29, 0.717) is 5.56 Å². The van der Waals surface area contributed by atoms with E-state index in [1.165, 1.54) is 18.2 Å². The van der Waals surface area contributed by atoms with Crippen LogP contribution in [0.25, 0.3) is 0 Å². The van der Waals surface area contributed by atoms with Crippen molar-refractivity contribution in [3.8, 4) is 0 Å². The fourth-order valence-corrected chi connectivity index (χ4v) is 3.35. The molecule has 0 heterocycles. The number of nitro groups is 1. The first-order valence-corrected chi connectivity index (χ1v) is 10.1. The van der Waals surface area contributed by atoms with Crippen molar-refractivity contribution in [2.45, 2.75) is 4.90 Å². The quantitative estimate of drug-likeness (QED) is 0.387. The highest BCUT2D eigenvalue weighted by molar-refractivity contribution is 9.10. The second-order valence-electron chi connectivity index (χ2n) is 5.37. The minimum absolute atomic E-state index is 0.0795. The van der Waals surface area contributed by atoms with Crippen LogP contribution in [0.1, 0.15) is 10.4 Å². The molecule has 0 fully saturated rings. The summed E-state index contributed by atoms with van der Waals surface area (Å²) in [5.41, 5.74) is 0.0586. The first kappa shape index (κ1) is 19.9. The average Bonchev–Trinajstić information content (AvgIpc) is 2.58. The highest BCUT2D eigenvalue weighted by atomic mass is 79.9. The summed E-state index contributed by atoms with van der Waals surface area (Å²) in [5, 5.41) is 16.7. The Morgan fingerprint density at radius 2 is 1.81 bits per heavy atom. The largest absolute Gasteiger partial charge is 0.378 e. The number of rotatable bonds is 7. The van der Waals surface area contributed by atoms with Crippen molar-refractivity contribution in [1.82, 2.24) is 5.32 Å². The van der Waals surface area contributed by atoms with Gasteiger partial charge in [-0.15, -0.1) is 0 Å². The summed E-state index contributed by atoms with van der Waals surface area (Å²) in [5.74, 6) is -0.279. The molecule has 0 saturated carbocycles. The standard InChI is InChI=1S/C16H16BrN3O5S/c1-26(24,25)14-4-2-3-13(15(14)20(22)23)18-9-10-19-16(21)11-5-7-12(17)8-6-11/h2-8,18H,9-10H2,1H3,(H,19,21). The second-order valence-corrected chi connectivity index (χ2v) is 8.27. The molecule has 26 heavy (non-hydrogen) atoms. The maximum atomic E-state index is 12.0. The van der Waals surface area contributed by atoms with Crippen LogP contribution >= 0.6 is 15.9 Å². The highest BCUT2D eigenvalue weighted by Gasteiger charge is 2.25. The topological polar surface area (TPSA) is 118 Å². The zero-order valence-corrected chi connectivity index (χ0v) is 16.1. The van der Waals surface area contributed by atoms with E-state index in [9.17, 15) is 23.3 Å². The molecule has 0 atom stereocenters. The van der Waals surface area contributed by atoms with Crippen LogP contribution in [0.15, 0.2) is 51.8 Å². The Morgan fingerprint density at radius 3 is 2.38 bits per heavy atom. The monoisotopic (exact) mass is 441 g/mol. The van der Waals surface area contributed by atoms with Gasteiger partial charge in [-0.25, -0.2) is 8.42 Å². The molecular weight excluding hydrogens is 426 g/mol. The van der Waals surface area contributed by atoms with Gasteiger partial charge in [0, 0.05) is 29.4 Å². The van der Waals surface area contributed by atoms with E-state index in [1.807, 2.05) is 0 Å². The first-order valence-electron chi connectivity index (χ1n) is 7.45. The number of nitrogens with one attached hydrogen (secondary N) is 2. The molecule has 2 aromatic rings. The Hall–Kier alpha value is -2.46. The van der Waals surface area contributed by atoms with Gasteiger partial charge in [0.2, 0.25) is 0 Å². The Balaban J connectivity index is 2.03. The van der Waals surface area contributed by atoms with Crippen LogP contribution in [-0.4, -0.2) is 38.6 Å². The van der Waals surface area contributed by atoms with Gasteiger partial charge in [0.15, 0.2) is 9.84 Å². The molecule has 0 aliphatic rings. The summed E-state index contributed by atoms with van der Waals surface area (Å²) < 4.78 is 24.3. The van der Waals surface area contributed by atoms with Gasteiger partial charge < -0.3 is 10.6 Å². The predicted molar refractivity (Wildman–Crippen MR) is 101 cm³/mol. The summed E-state index contributed by atoms with van der Waals surface area (Å²) in [7, 11) is -3.74. The van der Waals surface area contributed by atoms with Crippen molar-refractivity contribution in [3.63, 3.8) is 0 Å². The van der Waals surface area contributed by atoms with Gasteiger partial charge in [0.1, 0.15) is 10.6 Å². The van der Waals surface area contributed by atoms with E-state index in [4.69, 9.17) is 0 Å². The summed E-state index contributed by atoms with van der Waals surface area (Å²) >= 11 is 3.28. The van der Waals surface area contributed by atoms with Crippen molar-refractivity contribution in [2.75, 3.05) is 24.7 Å². The first-order chi connectivity index (χ1) is 12.2. The Labute approximate surface area is 158 Å². The Morgan fingerprint density at radius 1 is 1.15 bits per heavy atom. The molecule has 0 saturated heterocycles. The number of nitrogens with zero attached hydrogens (tertiary/aromatic N) is 1. The van der Waals surface area contributed by atoms with Gasteiger partial charge in [0.25, 0.3) is 5.91 Å². The Kier molecular flexibility index (Phi) is 6.32. The smallest absolute Gasteiger partial charge is 0.310 e. The molecule has 10 heteroatoms. The third kappa shape index (κ3) is 5.02. The predicted octanol–water partition coefficient (Wildman–Crippen LogP) is 2.60. The van der Waals surface area contributed by atoms with Crippen molar-refractivity contribution < 1.29 is 18.1 Å². The van der Waals surface area contributed by atoms with E-state index < -0.39 is 20.4 Å². The fourth-order valence-electron chi connectivity index (χ4n) is 2.23. The number of carbonyl (C=O) groups is 1. The molecular formula is C16H16BrN3O5S. The molecule has 1 amide bonds. The number of carbonyl (C=O) groups excluding carboxylic acids is 1. The van der Waals surface area contributed by atoms with Gasteiger partial charge in [-0.3, -0.25) is 14.9 Å². The van der Waals surface area contributed by atoms with Crippen molar-refractivity contribution >= 4 is 43.0 Å². The molecule has 2 N–H and O–H groups in total. The number of amides is 1. The van der Waals surface area contributed by atoms with Crippen LogP contribution in [-0.2, 0) is 9.84 Å². The zero-order chi connectivity index (χ0) is 19.3. The lowest BCUT2D eigenvalue weighted by Gasteiger charge is -2.10. The van der Waals surface area contributed by atoms with E-state index in [0.717, 1.165) is 10.7 Å². The van der Waals surface area contributed by atoms with E-state index in [-0.39, 0.29) is 29.6 Å². The van der Waals surface area contributed by atoms with Crippen molar-refractivity contribution in [2.24, 2.45) is 0 Å². The van der Waals surface area contributed by atoms with E-state index in [2.05, 4.69) is 26.6 Å². The second kappa shape index (κ2) is 8.28. The van der Waals surface area contributed by atoms with Crippen LogP contribution in [0, 0.1) is 10.1 Å². The maximum absolute atomic E-state index is 12.0. The summed E-state index contributed by atoms with van der Waals surface area (Å²) in [4.78, 5) is 22.2. The van der Waals surface area contributed by atoms with E-state index in [1.54, 1.807) is 24.3 Å². The van der Waals surface area contributed by atoms with Crippen LogP contribution in [0.2, 0.25) is 0 Å². The number of benzene rings is 2. The lowest BCUT2D eigenvalue weighted by atomic mass is 10.2. The Bertz CT molecular complexity index is 929.